The molecule has 1 aliphatic rings. The number of carbonyl (C=O) groups excluding carboxylic acids is 1. The number of hydrogen-bond acceptors (Lipinski definition) is 4. The number of aromatic nitrogens is 1. The van der Waals surface area contributed by atoms with Crippen molar-refractivity contribution in [3.05, 3.63) is 52.3 Å². The average Bonchev–Trinajstić information content (AvgIpc) is 3.17. The Labute approximate surface area is 184 Å². The van der Waals surface area contributed by atoms with Gasteiger partial charge in [0.15, 0.2) is 0 Å². The van der Waals surface area contributed by atoms with Crippen molar-refractivity contribution in [1.29, 1.82) is 0 Å². The molecular weight excluding hydrogens is 398 g/mol. The van der Waals surface area contributed by atoms with E-state index in [4.69, 9.17) is 11.6 Å². The average molecular weight is 428 g/mol. The standard InChI is InChI=1S/C21H24ClN5O.C2H6/c1-13-5-6-16(14(2)25-15(3)23-4)11-18(13)24-12-21(28)27-10-9-17-19(27)7-8-20(22)26-17;1-2/h5-8,11,24H,9-10,12H2,1-4H3;1-2H3. The maximum atomic E-state index is 12.7. The summed E-state index contributed by atoms with van der Waals surface area (Å²) in [6.45, 7) is 10.7. The van der Waals surface area contributed by atoms with Crippen LogP contribution in [0.25, 0.3) is 0 Å². The lowest BCUT2D eigenvalue weighted by atomic mass is 10.1. The zero-order chi connectivity index (χ0) is 22.3. The number of amides is 1. The summed E-state index contributed by atoms with van der Waals surface area (Å²) in [5.41, 5.74) is 5.58. The van der Waals surface area contributed by atoms with Gasteiger partial charge in [-0.25, -0.2) is 9.98 Å². The van der Waals surface area contributed by atoms with E-state index in [1.807, 2.05) is 58.9 Å². The monoisotopic (exact) mass is 427 g/mol. The molecule has 30 heavy (non-hydrogen) atoms. The molecule has 0 saturated carbocycles. The minimum atomic E-state index is 0.00650. The number of anilines is 2. The van der Waals surface area contributed by atoms with Crippen LogP contribution < -0.4 is 10.2 Å². The lowest BCUT2D eigenvalue weighted by molar-refractivity contribution is -0.116. The Bertz CT molecular complexity index is 968. The molecule has 6 nitrogen and oxygen atoms in total. The minimum absolute atomic E-state index is 0.00650. The van der Waals surface area contributed by atoms with Crippen LogP contribution in [0.3, 0.4) is 0 Å². The number of carbonyl (C=O) groups is 1. The summed E-state index contributed by atoms with van der Waals surface area (Å²) >= 11 is 5.95. The number of fused-ring (bicyclic) bond motifs is 1. The second kappa shape index (κ2) is 10.9. The maximum Gasteiger partial charge on any atom is 0.246 e. The van der Waals surface area contributed by atoms with Crippen molar-refractivity contribution in [3.8, 4) is 0 Å². The first kappa shape index (κ1) is 23.5. The van der Waals surface area contributed by atoms with Crippen LogP contribution in [-0.4, -0.2) is 42.6 Å². The van der Waals surface area contributed by atoms with Crippen molar-refractivity contribution >= 4 is 40.4 Å². The van der Waals surface area contributed by atoms with E-state index in [2.05, 4.69) is 20.3 Å². The minimum Gasteiger partial charge on any atom is -0.376 e. The van der Waals surface area contributed by atoms with Crippen LogP contribution in [0.15, 0.2) is 40.3 Å². The van der Waals surface area contributed by atoms with Crippen LogP contribution in [0.1, 0.15) is 44.5 Å². The number of benzene rings is 1. The molecule has 7 heteroatoms. The van der Waals surface area contributed by atoms with E-state index in [-0.39, 0.29) is 12.5 Å². The van der Waals surface area contributed by atoms with Gasteiger partial charge in [-0.1, -0.05) is 37.6 Å². The molecule has 1 amide bonds. The number of aliphatic imine (C=N–C) groups is 2. The van der Waals surface area contributed by atoms with E-state index in [0.717, 1.165) is 46.2 Å². The summed E-state index contributed by atoms with van der Waals surface area (Å²) in [7, 11) is 1.72. The zero-order valence-corrected chi connectivity index (χ0v) is 19.3. The Balaban J connectivity index is 0.00000155. The van der Waals surface area contributed by atoms with Gasteiger partial charge in [0.05, 0.1) is 17.9 Å². The third-order valence-corrected chi connectivity index (χ3v) is 5.03. The molecule has 3 rings (SSSR count). The molecule has 0 radical (unpaired) electrons. The van der Waals surface area contributed by atoms with Gasteiger partial charge >= 0.3 is 0 Å². The number of amidine groups is 1. The van der Waals surface area contributed by atoms with E-state index in [1.165, 1.54) is 0 Å². The second-order valence-corrected chi connectivity index (χ2v) is 7.13. The van der Waals surface area contributed by atoms with Crippen molar-refractivity contribution in [3.63, 3.8) is 0 Å². The molecule has 0 unspecified atom stereocenters. The van der Waals surface area contributed by atoms with Crippen molar-refractivity contribution in [2.75, 3.05) is 30.4 Å². The molecule has 160 valence electrons. The van der Waals surface area contributed by atoms with Crippen LogP contribution in [0.4, 0.5) is 11.4 Å². The fourth-order valence-corrected chi connectivity index (χ4v) is 3.32. The molecule has 1 aromatic carbocycles. The van der Waals surface area contributed by atoms with Gasteiger partial charge in [-0.05, 0) is 50.1 Å². The lowest BCUT2D eigenvalue weighted by Crippen LogP contribution is -2.34. The predicted octanol–water partition coefficient (Wildman–Crippen LogP) is 4.93. The molecule has 0 fully saturated rings. The summed E-state index contributed by atoms with van der Waals surface area (Å²) in [4.78, 5) is 27.4. The van der Waals surface area contributed by atoms with Crippen molar-refractivity contribution in [1.82, 2.24) is 4.98 Å². The molecule has 1 aliphatic heterocycles. The van der Waals surface area contributed by atoms with Crippen LogP contribution in [0, 0.1) is 6.92 Å². The second-order valence-electron chi connectivity index (χ2n) is 6.75. The number of halogens is 1. The SMILES string of the molecule is CC.CN=C(C)N=C(C)c1ccc(C)c(NCC(=O)N2CCc3nc(Cl)ccc32)c1. The van der Waals surface area contributed by atoms with Crippen LogP contribution in [0.5, 0.6) is 0 Å². The molecule has 1 N–H and O–H groups in total. The first-order chi connectivity index (χ1) is 14.4. The topological polar surface area (TPSA) is 70.0 Å². The largest absolute Gasteiger partial charge is 0.376 e. The fourth-order valence-electron chi connectivity index (χ4n) is 3.16. The summed E-state index contributed by atoms with van der Waals surface area (Å²) in [5.74, 6) is 0.733. The molecule has 0 saturated heterocycles. The Hall–Kier alpha value is -2.73. The Kier molecular flexibility index (Phi) is 8.54. The van der Waals surface area contributed by atoms with E-state index in [9.17, 15) is 4.79 Å². The molecule has 1 aromatic heterocycles. The maximum absolute atomic E-state index is 12.7. The van der Waals surface area contributed by atoms with Gasteiger partial charge in [0.2, 0.25) is 5.91 Å². The van der Waals surface area contributed by atoms with Gasteiger partial charge in [-0.15, -0.1) is 0 Å². The molecular formula is C23H30ClN5O. The van der Waals surface area contributed by atoms with Crippen LogP contribution in [0.2, 0.25) is 5.15 Å². The van der Waals surface area contributed by atoms with Crippen LogP contribution >= 0.6 is 11.6 Å². The molecule has 0 spiro atoms. The Morgan fingerprint density at radius 2 is 1.97 bits per heavy atom. The number of pyridine rings is 1. The predicted molar refractivity (Wildman–Crippen MR) is 128 cm³/mol. The number of nitrogens with one attached hydrogen (secondary N) is 1. The Morgan fingerprint density at radius 3 is 2.67 bits per heavy atom. The summed E-state index contributed by atoms with van der Waals surface area (Å²) in [6, 6.07) is 9.65. The third-order valence-electron chi connectivity index (χ3n) is 4.82. The lowest BCUT2D eigenvalue weighted by Gasteiger charge is -2.18. The van der Waals surface area contributed by atoms with Gasteiger partial charge in [-0.2, -0.15) is 0 Å². The fraction of sp³-hybridized carbons (Fsp3) is 0.391. The van der Waals surface area contributed by atoms with E-state index in [1.54, 1.807) is 18.0 Å². The smallest absolute Gasteiger partial charge is 0.246 e. The van der Waals surface area contributed by atoms with Gasteiger partial charge in [-0.3, -0.25) is 9.79 Å². The highest BCUT2D eigenvalue weighted by molar-refractivity contribution is 6.29. The summed E-state index contributed by atoms with van der Waals surface area (Å²) in [5, 5.41) is 3.73. The Morgan fingerprint density at radius 1 is 1.23 bits per heavy atom. The molecule has 2 heterocycles. The van der Waals surface area contributed by atoms with Crippen molar-refractivity contribution in [2.24, 2.45) is 9.98 Å². The normalized spacial score (nSPS) is 13.5. The van der Waals surface area contributed by atoms with Crippen molar-refractivity contribution < 1.29 is 4.79 Å². The molecule has 0 aliphatic carbocycles. The van der Waals surface area contributed by atoms with E-state index < -0.39 is 0 Å². The van der Waals surface area contributed by atoms with Gasteiger partial charge in [0.1, 0.15) is 11.0 Å². The third kappa shape index (κ3) is 5.66. The van der Waals surface area contributed by atoms with E-state index in [0.29, 0.717) is 11.7 Å². The number of nitrogens with zero attached hydrogens (tertiary/aromatic N) is 4. The highest BCUT2D eigenvalue weighted by Gasteiger charge is 2.25. The summed E-state index contributed by atoms with van der Waals surface area (Å²) < 4.78 is 0. The number of aryl methyl sites for hydroxylation is 1. The van der Waals surface area contributed by atoms with E-state index >= 15 is 0 Å². The summed E-state index contributed by atoms with van der Waals surface area (Å²) in [6.07, 6.45) is 0.726. The number of rotatable bonds is 4. The van der Waals surface area contributed by atoms with Gasteiger partial charge in [0.25, 0.3) is 0 Å². The highest BCUT2D eigenvalue weighted by Crippen LogP contribution is 2.28. The quantitative estimate of drug-likeness (QED) is 0.427. The molecule has 2 aromatic rings. The zero-order valence-electron chi connectivity index (χ0n) is 18.6. The van der Waals surface area contributed by atoms with Gasteiger partial charge < -0.3 is 10.2 Å². The molecule has 0 bridgehead atoms. The van der Waals surface area contributed by atoms with Gasteiger partial charge in [0, 0.05) is 31.4 Å². The first-order valence-electron chi connectivity index (χ1n) is 10.2. The molecule has 0 atom stereocenters. The number of hydrogen-bond donors (Lipinski definition) is 1. The van der Waals surface area contributed by atoms with Crippen molar-refractivity contribution in [2.45, 2.75) is 41.0 Å². The highest BCUT2D eigenvalue weighted by atomic mass is 35.5. The van der Waals surface area contributed by atoms with Crippen LogP contribution in [-0.2, 0) is 11.2 Å². The first-order valence-corrected chi connectivity index (χ1v) is 10.6.